The summed E-state index contributed by atoms with van der Waals surface area (Å²) in [6.07, 6.45) is 1.66. The highest BCUT2D eigenvalue weighted by Gasteiger charge is 2.16. The largest absolute Gasteiger partial charge is 0.481 e. The van der Waals surface area contributed by atoms with Gasteiger partial charge in [0, 0.05) is 41.5 Å². The molecule has 41 heavy (non-hydrogen) atoms. The average molecular weight is 584 g/mol. The predicted molar refractivity (Wildman–Crippen MR) is 155 cm³/mol. The number of carboxylic acids is 1. The molecule has 0 saturated carbocycles. The van der Waals surface area contributed by atoms with Crippen LogP contribution in [0.25, 0.3) is 11.3 Å². The first kappa shape index (κ1) is 31.7. The van der Waals surface area contributed by atoms with Gasteiger partial charge in [-0.15, -0.1) is 0 Å². The van der Waals surface area contributed by atoms with Crippen LogP contribution in [0.4, 0.5) is 5.69 Å². The molecule has 10 nitrogen and oxygen atoms in total. The van der Waals surface area contributed by atoms with Gasteiger partial charge >= 0.3 is 5.97 Å². The zero-order valence-corrected chi connectivity index (χ0v) is 23.9. The highest BCUT2D eigenvalue weighted by Crippen LogP contribution is 2.30. The van der Waals surface area contributed by atoms with Gasteiger partial charge in [-0.3, -0.25) is 19.4 Å². The fraction of sp³-hybridized carbons (Fsp3) is 0.333. The lowest BCUT2D eigenvalue weighted by Crippen LogP contribution is -2.30. The number of hydrogen-bond donors (Lipinski definition) is 2. The second kappa shape index (κ2) is 16.4. The molecule has 2 amide bonds. The molecule has 0 atom stereocenters. The number of aliphatic carboxylic acids is 1. The van der Waals surface area contributed by atoms with Gasteiger partial charge in [0.25, 0.3) is 11.8 Å². The Kier molecular flexibility index (Phi) is 12.7. The lowest BCUT2D eigenvalue weighted by Gasteiger charge is -2.18. The van der Waals surface area contributed by atoms with Gasteiger partial charge in [-0.2, -0.15) is 0 Å². The lowest BCUT2D eigenvalue weighted by atomic mass is 10.1. The number of carboxylic acid groups (broad SMARTS) is 1. The van der Waals surface area contributed by atoms with Crippen molar-refractivity contribution in [1.29, 1.82) is 0 Å². The van der Waals surface area contributed by atoms with Gasteiger partial charge in [-0.05, 0) is 61.0 Å². The molecule has 3 rings (SSSR count). The number of hydrogen-bond acceptors (Lipinski definition) is 7. The van der Waals surface area contributed by atoms with Gasteiger partial charge in [0.05, 0.1) is 57.4 Å². The summed E-state index contributed by atoms with van der Waals surface area (Å²) in [7, 11) is 1.66. The second-order valence-corrected chi connectivity index (χ2v) is 9.59. The zero-order chi connectivity index (χ0) is 29.6. The van der Waals surface area contributed by atoms with Gasteiger partial charge in [-0.25, -0.2) is 0 Å². The number of pyridine rings is 1. The number of aromatic nitrogens is 1. The summed E-state index contributed by atoms with van der Waals surface area (Å²) in [5.41, 5.74) is 3.67. The molecule has 0 aliphatic rings. The second-order valence-electron chi connectivity index (χ2n) is 9.15. The van der Waals surface area contributed by atoms with E-state index in [9.17, 15) is 14.4 Å². The number of ether oxygens (including phenoxy) is 3. The maximum Gasteiger partial charge on any atom is 0.305 e. The minimum atomic E-state index is -0.902. The number of nitrogens with one attached hydrogen (secondary N) is 1. The molecule has 0 bridgehead atoms. The van der Waals surface area contributed by atoms with E-state index < -0.39 is 5.97 Å². The molecule has 0 aliphatic heterocycles. The summed E-state index contributed by atoms with van der Waals surface area (Å²) in [5, 5.41) is 12.0. The quantitative estimate of drug-likeness (QED) is 0.235. The third-order valence-electron chi connectivity index (χ3n) is 5.91. The van der Waals surface area contributed by atoms with E-state index in [2.05, 4.69) is 10.3 Å². The average Bonchev–Trinajstić information content (AvgIpc) is 2.96. The minimum absolute atomic E-state index is 0.0382. The Labute approximate surface area is 244 Å². The normalized spacial score (nSPS) is 10.8. The van der Waals surface area contributed by atoms with E-state index in [1.54, 1.807) is 55.7 Å². The van der Waals surface area contributed by atoms with Crippen LogP contribution < -0.4 is 5.32 Å². The van der Waals surface area contributed by atoms with Gasteiger partial charge in [0.1, 0.15) is 0 Å². The lowest BCUT2D eigenvalue weighted by molar-refractivity contribution is -0.138. The Hall–Kier alpha value is -3.83. The van der Waals surface area contributed by atoms with Crippen LogP contribution in [0.1, 0.15) is 32.7 Å². The molecular formula is C30H34ClN3O7. The zero-order valence-electron chi connectivity index (χ0n) is 23.1. The molecule has 0 unspecified atom stereocenters. The Bertz CT molecular complexity index is 1330. The molecule has 0 fully saturated rings. The molecule has 0 aliphatic carbocycles. The van der Waals surface area contributed by atoms with Crippen LogP contribution in [-0.2, 0) is 19.0 Å². The van der Waals surface area contributed by atoms with Crippen LogP contribution >= 0.6 is 11.6 Å². The number of carbonyl (C=O) groups is 3. The molecule has 3 aromatic rings. The number of aryl methyl sites for hydroxylation is 1. The summed E-state index contributed by atoms with van der Waals surface area (Å²) in [6, 6.07) is 15.5. The van der Waals surface area contributed by atoms with Crippen LogP contribution in [0, 0.1) is 6.92 Å². The summed E-state index contributed by atoms with van der Waals surface area (Å²) >= 11 is 6.22. The maximum atomic E-state index is 13.1. The molecule has 1 aromatic heterocycles. The third-order valence-corrected chi connectivity index (χ3v) is 6.15. The third kappa shape index (κ3) is 10.6. The number of rotatable bonds is 16. The Morgan fingerprint density at radius 3 is 2.29 bits per heavy atom. The standard InChI is InChI=1S/C30H34ClN3O7/c1-21-8-10-32-27(18-21)25-20-24(31)6-7-26(25)33-29(37)22-4-3-5-23(19-22)30(38)34(2)11-13-40-15-17-41-16-14-39-12-9-28(35)36/h3-8,10,18-20H,9,11-17H2,1-2H3,(H,33,37)(H,35,36). The van der Waals surface area contributed by atoms with Crippen molar-refractivity contribution in [2.75, 3.05) is 58.6 Å². The van der Waals surface area contributed by atoms with E-state index in [4.69, 9.17) is 30.9 Å². The van der Waals surface area contributed by atoms with Crippen LogP contribution in [-0.4, -0.2) is 86.0 Å². The van der Waals surface area contributed by atoms with E-state index in [-0.39, 0.29) is 24.8 Å². The Morgan fingerprint density at radius 2 is 1.59 bits per heavy atom. The van der Waals surface area contributed by atoms with E-state index in [0.29, 0.717) is 72.7 Å². The van der Waals surface area contributed by atoms with Crippen molar-refractivity contribution in [3.8, 4) is 11.3 Å². The first-order valence-electron chi connectivity index (χ1n) is 13.1. The molecular weight excluding hydrogens is 550 g/mol. The highest BCUT2D eigenvalue weighted by atomic mass is 35.5. The SMILES string of the molecule is Cc1ccnc(-c2cc(Cl)ccc2NC(=O)c2cccc(C(=O)N(C)CCOCCOCCOCCC(=O)O)c2)c1. The molecule has 0 saturated heterocycles. The molecule has 218 valence electrons. The number of halogens is 1. The topological polar surface area (TPSA) is 127 Å². The number of amides is 2. The van der Waals surface area contributed by atoms with Crippen LogP contribution in [0.2, 0.25) is 5.02 Å². The van der Waals surface area contributed by atoms with Gasteiger partial charge in [0.15, 0.2) is 0 Å². The first-order chi connectivity index (χ1) is 19.7. The summed E-state index contributed by atoms with van der Waals surface area (Å²) < 4.78 is 16.0. The number of likely N-dealkylation sites (N-methyl/N-ethyl adjacent to an activating group) is 1. The molecule has 11 heteroatoms. The predicted octanol–water partition coefficient (Wildman–Crippen LogP) is 4.56. The van der Waals surface area contributed by atoms with Crippen molar-refractivity contribution in [3.05, 3.63) is 82.5 Å². The van der Waals surface area contributed by atoms with Crippen molar-refractivity contribution < 1.29 is 33.7 Å². The molecule has 0 radical (unpaired) electrons. The van der Waals surface area contributed by atoms with E-state index >= 15 is 0 Å². The smallest absolute Gasteiger partial charge is 0.305 e. The van der Waals surface area contributed by atoms with E-state index in [1.165, 1.54) is 4.90 Å². The van der Waals surface area contributed by atoms with Crippen LogP contribution in [0.3, 0.4) is 0 Å². The van der Waals surface area contributed by atoms with Crippen LogP contribution in [0.15, 0.2) is 60.8 Å². The van der Waals surface area contributed by atoms with Gasteiger partial charge in [0.2, 0.25) is 0 Å². The van der Waals surface area contributed by atoms with Crippen molar-refractivity contribution in [2.24, 2.45) is 0 Å². The van der Waals surface area contributed by atoms with E-state index in [1.807, 2.05) is 19.1 Å². The first-order valence-corrected chi connectivity index (χ1v) is 13.5. The monoisotopic (exact) mass is 583 g/mol. The number of carbonyl (C=O) groups excluding carboxylic acids is 2. The number of benzene rings is 2. The Balaban J connectivity index is 1.48. The van der Waals surface area contributed by atoms with Crippen LogP contribution in [0.5, 0.6) is 0 Å². The van der Waals surface area contributed by atoms with Crippen molar-refractivity contribution in [1.82, 2.24) is 9.88 Å². The van der Waals surface area contributed by atoms with Gasteiger partial charge in [-0.1, -0.05) is 17.7 Å². The van der Waals surface area contributed by atoms with Crippen molar-refractivity contribution in [3.63, 3.8) is 0 Å². The molecule has 2 aromatic carbocycles. The van der Waals surface area contributed by atoms with Crippen molar-refractivity contribution in [2.45, 2.75) is 13.3 Å². The fourth-order valence-electron chi connectivity index (χ4n) is 3.73. The number of anilines is 1. The summed E-state index contributed by atoms with van der Waals surface area (Å²) in [6.45, 7) is 4.13. The summed E-state index contributed by atoms with van der Waals surface area (Å²) in [5.74, 6) is -1.51. The van der Waals surface area contributed by atoms with Gasteiger partial charge < -0.3 is 29.5 Å². The molecule has 0 spiro atoms. The number of nitrogens with zero attached hydrogens (tertiary/aromatic N) is 2. The fourth-order valence-corrected chi connectivity index (χ4v) is 3.91. The minimum Gasteiger partial charge on any atom is -0.481 e. The van der Waals surface area contributed by atoms with Crippen molar-refractivity contribution >= 4 is 35.1 Å². The molecule has 2 N–H and O–H groups in total. The molecule has 1 heterocycles. The highest BCUT2D eigenvalue weighted by molar-refractivity contribution is 6.31. The Morgan fingerprint density at radius 1 is 0.902 bits per heavy atom. The maximum absolute atomic E-state index is 13.1. The summed E-state index contributed by atoms with van der Waals surface area (Å²) in [4.78, 5) is 42.4. The van der Waals surface area contributed by atoms with E-state index in [0.717, 1.165) is 5.56 Å².